The van der Waals surface area contributed by atoms with Gasteiger partial charge in [0.15, 0.2) is 0 Å². The Kier molecular flexibility index (Phi) is 5.65. The number of nitrogens with zero attached hydrogens (tertiary/aromatic N) is 1. The molecule has 0 aromatic carbocycles. The van der Waals surface area contributed by atoms with Gasteiger partial charge in [-0.3, -0.25) is 9.69 Å². The van der Waals surface area contributed by atoms with Crippen LogP contribution in [0.1, 0.15) is 13.3 Å². The molecule has 2 atom stereocenters. The Morgan fingerprint density at radius 3 is 2.80 bits per heavy atom. The largest absolute Gasteiger partial charge is 0.468 e. The zero-order valence-electron chi connectivity index (χ0n) is 9.35. The number of hydrogen-bond donors (Lipinski definition) is 0. The lowest BCUT2D eigenvalue weighted by atomic mass is 10.0. The van der Waals surface area contributed by atoms with Crippen molar-refractivity contribution < 1.29 is 14.3 Å². The lowest BCUT2D eigenvalue weighted by molar-refractivity contribution is -0.130. The molecule has 4 nitrogen and oxygen atoms in total. The molecule has 0 aliphatic carbocycles. The van der Waals surface area contributed by atoms with E-state index in [0.717, 1.165) is 32.7 Å². The van der Waals surface area contributed by atoms with Crippen molar-refractivity contribution in [2.45, 2.75) is 19.4 Å². The van der Waals surface area contributed by atoms with Crippen molar-refractivity contribution in [2.24, 2.45) is 5.92 Å². The van der Waals surface area contributed by atoms with Crippen LogP contribution in [0.5, 0.6) is 0 Å². The Morgan fingerprint density at radius 2 is 2.20 bits per heavy atom. The Hall–Kier alpha value is -0.610. The van der Waals surface area contributed by atoms with Crippen molar-refractivity contribution in [1.29, 1.82) is 0 Å². The molecule has 0 aromatic heterocycles. The second kappa shape index (κ2) is 6.80. The molecule has 0 amide bonds. The third-order valence-electron chi connectivity index (χ3n) is 2.69. The highest BCUT2D eigenvalue weighted by Crippen LogP contribution is 2.13. The summed E-state index contributed by atoms with van der Waals surface area (Å²) < 4.78 is 10.0. The molecule has 0 N–H and O–H groups in total. The molecular formula is C11H20NO3. The fourth-order valence-electron chi connectivity index (χ4n) is 1.83. The molecule has 0 aromatic rings. The molecule has 1 radical (unpaired) electrons. The summed E-state index contributed by atoms with van der Waals surface area (Å²) in [5.41, 5.74) is 0. The Labute approximate surface area is 91.5 Å². The van der Waals surface area contributed by atoms with E-state index in [1.807, 2.05) is 0 Å². The summed E-state index contributed by atoms with van der Waals surface area (Å²) in [7, 11) is 0. The molecule has 0 bridgehead atoms. The number of carbonyl (C=O) groups is 1. The van der Waals surface area contributed by atoms with Gasteiger partial charge in [0, 0.05) is 19.1 Å². The van der Waals surface area contributed by atoms with Crippen LogP contribution < -0.4 is 0 Å². The average Bonchev–Trinajstić information content (AvgIpc) is 2.27. The second-order valence-electron chi connectivity index (χ2n) is 4.07. The predicted octanol–water partition coefficient (Wildman–Crippen LogP) is 0.720. The first kappa shape index (κ1) is 12.5. The molecule has 1 aliphatic rings. The minimum absolute atomic E-state index is 0.291. The highest BCUT2D eigenvalue weighted by molar-refractivity contribution is 5.36. The van der Waals surface area contributed by atoms with Crippen molar-refractivity contribution in [3.05, 3.63) is 6.92 Å². The highest BCUT2D eigenvalue weighted by atomic mass is 16.5. The normalized spacial score (nSPS) is 22.0. The van der Waals surface area contributed by atoms with E-state index < -0.39 is 0 Å². The standard InChI is InChI=1S/C11H20NO3/c1-10(8-15-9-13)7-11(2)12-3-5-14-6-4-12/h9-11H,2-8H2,1H3. The molecule has 4 heteroatoms. The molecule has 1 heterocycles. The lowest BCUT2D eigenvalue weighted by Crippen LogP contribution is -2.43. The maximum atomic E-state index is 10.0. The third-order valence-corrected chi connectivity index (χ3v) is 2.69. The molecule has 1 saturated heterocycles. The van der Waals surface area contributed by atoms with E-state index in [1.165, 1.54) is 0 Å². The van der Waals surface area contributed by atoms with Crippen molar-refractivity contribution in [1.82, 2.24) is 4.90 Å². The van der Waals surface area contributed by atoms with Crippen molar-refractivity contribution >= 4 is 6.47 Å². The minimum atomic E-state index is 0.291. The first-order valence-corrected chi connectivity index (χ1v) is 5.44. The van der Waals surface area contributed by atoms with E-state index >= 15 is 0 Å². The van der Waals surface area contributed by atoms with Crippen LogP contribution in [0.25, 0.3) is 0 Å². The summed E-state index contributed by atoms with van der Waals surface area (Å²) in [6.07, 6.45) is 0.952. The maximum Gasteiger partial charge on any atom is 0.293 e. The zero-order chi connectivity index (χ0) is 11.1. The Balaban J connectivity index is 2.20. The molecule has 1 fully saturated rings. The van der Waals surface area contributed by atoms with Gasteiger partial charge in [-0.25, -0.2) is 0 Å². The van der Waals surface area contributed by atoms with Gasteiger partial charge in [-0.1, -0.05) is 6.92 Å². The predicted molar refractivity (Wildman–Crippen MR) is 57.3 cm³/mol. The average molecular weight is 214 g/mol. The van der Waals surface area contributed by atoms with E-state index in [0.29, 0.717) is 25.0 Å². The summed E-state index contributed by atoms with van der Waals surface area (Å²) in [6, 6.07) is 0.291. The Bertz CT molecular complexity index is 181. The first-order valence-electron chi connectivity index (χ1n) is 5.44. The van der Waals surface area contributed by atoms with Crippen LogP contribution in [0.2, 0.25) is 0 Å². The summed E-state index contributed by atoms with van der Waals surface area (Å²) in [5.74, 6) is 0.362. The van der Waals surface area contributed by atoms with Gasteiger partial charge < -0.3 is 9.47 Å². The van der Waals surface area contributed by atoms with Crippen molar-refractivity contribution in [2.75, 3.05) is 32.9 Å². The van der Waals surface area contributed by atoms with Gasteiger partial charge in [0.25, 0.3) is 6.47 Å². The monoisotopic (exact) mass is 214 g/mol. The van der Waals surface area contributed by atoms with Crippen LogP contribution in [0.4, 0.5) is 0 Å². The summed E-state index contributed by atoms with van der Waals surface area (Å²) >= 11 is 0. The van der Waals surface area contributed by atoms with E-state index in [9.17, 15) is 4.79 Å². The van der Waals surface area contributed by atoms with Gasteiger partial charge in [0.2, 0.25) is 0 Å². The molecule has 87 valence electrons. The molecular weight excluding hydrogens is 194 g/mol. The summed E-state index contributed by atoms with van der Waals surface area (Å²) in [5, 5.41) is 0. The van der Waals surface area contributed by atoms with Crippen LogP contribution in [-0.2, 0) is 14.3 Å². The number of hydrogen-bond acceptors (Lipinski definition) is 4. The quantitative estimate of drug-likeness (QED) is 0.611. The van der Waals surface area contributed by atoms with Crippen LogP contribution in [0.15, 0.2) is 0 Å². The first-order chi connectivity index (χ1) is 7.24. The fraction of sp³-hybridized carbons (Fsp3) is 0.818. The van der Waals surface area contributed by atoms with Crippen molar-refractivity contribution in [3.63, 3.8) is 0 Å². The maximum absolute atomic E-state index is 10.0. The lowest BCUT2D eigenvalue weighted by Gasteiger charge is -2.33. The smallest absolute Gasteiger partial charge is 0.293 e. The number of ether oxygens (including phenoxy) is 2. The van der Waals surface area contributed by atoms with Gasteiger partial charge in [-0.05, 0) is 19.3 Å². The summed E-state index contributed by atoms with van der Waals surface area (Å²) in [4.78, 5) is 12.4. The van der Waals surface area contributed by atoms with Crippen LogP contribution >= 0.6 is 0 Å². The topological polar surface area (TPSA) is 38.8 Å². The zero-order valence-corrected chi connectivity index (χ0v) is 9.35. The number of rotatable bonds is 6. The minimum Gasteiger partial charge on any atom is -0.468 e. The van der Waals surface area contributed by atoms with E-state index in [2.05, 4.69) is 18.7 Å². The van der Waals surface area contributed by atoms with Gasteiger partial charge in [-0.15, -0.1) is 0 Å². The molecule has 0 saturated carbocycles. The highest BCUT2D eigenvalue weighted by Gasteiger charge is 2.19. The number of morpholine rings is 1. The SMILES string of the molecule is [CH2]C(CC(C)COC=O)N1CCOCC1. The summed E-state index contributed by atoms with van der Waals surface area (Å²) in [6.45, 7) is 10.7. The van der Waals surface area contributed by atoms with Crippen LogP contribution in [0, 0.1) is 12.8 Å². The molecule has 0 spiro atoms. The van der Waals surface area contributed by atoms with Crippen LogP contribution in [0.3, 0.4) is 0 Å². The van der Waals surface area contributed by atoms with E-state index in [1.54, 1.807) is 0 Å². The number of carbonyl (C=O) groups excluding carboxylic acids is 1. The molecule has 1 aliphatic heterocycles. The van der Waals surface area contributed by atoms with E-state index in [4.69, 9.17) is 9.47 Å². The van der Waals surface area contributed by atoms with Gasteiger partial charge in [0.05, 0.1) is 19.8 Å². The molecule has 1 rings (SSSR count). The van der Waals surface area contributed by atoms with Gasteiger partial charge >= 0.3 is 0 Å². The molecule has 15 heavy (non-hydrogen) atoms. The second-order valence-corrected chi connectivity index (χ2v) is 4.07. The fourth-order valence-corrected chi connectivity index (χ4v) is 1.83. The van der Waals surface area contributed by atoms with Gasteiger partial charge in [-0.2, -0.15) is 0 Å². The molecule has 2 unspecified atom stereocenters. The third kappa shape index (κ3) is 4.62. The Morgan fingerprint density at radius 1 is 1.53 bits per heavy atom. The van der Waals surface area contributed by atoms with Gasteiger partial charge in [0.1, 0.15) is 0 Å². The van der Waals surface area contributed by atoms with Crippen LogP contribution in [-0.4, -0.2) is 50.3 Å². The van der Waals surface area contributed by atoms with E-state index in [-0.39, 0.29) is 0 Å². The van der Waals surface area contributed by atoms with Crippen molar-refractivity contribution in [3.8, 4) is 0 Å².